The summed E-state index contributed by atoms with van der Waals surface area (Å²) in [5.74, 6) is -0.877. The standard InChI is InChI=1S/C23H24F3N4O5PS/c1-3-34-36(32,35-4-2)14-37(33)18-11-9-17(10-12-18)29-22(31)20-21(27)28-13-19(30-20)15-5-7-16(8-6-15)23(24,25)26/h5-13H,3-4,14H2,1-2H3,(H2,27,28)(H,29,31). The van der Waals surface area contributed by atoms with Crippen molar-refractivity contribution in [2.45, 2.75) is 24.9 Å². The van der Waals surface area contributed by atoms with Crippen LogP contribution in [0.5, 0.6) is 0 Å². The number of anilines is 2. The molecule has 0 aliphatic carbocycles. The van der Waals surface area contributed by atoms with E-state index in [-0.39, 0.29) is 35.9 Å². The average Bonchev–Trinajstić information content (AvgIpc) is 2.84. The van der Waals surface area contributed by atoms with Gasteiger partial charge in [0.2, 0.25) is 0 Å². The van der Waals surface area contributed by atoms with Crippen LogP contribution in [0, 0.1) is 0 Å². The van der Waals surface area contributed by atoms with Gasteiger partial charge in [0.05, 0.1) is 41.5 Å². The molecule has 0 fully saturated rings. The Balaban J connectivity index is 1.73. The third-order valence-corrected chi connectivity index (χ3v) is 9.13. The molecule has 2 aromatic carbocycles. The summed E-state index contributed by atoms with van der Waals surface area (Å²) in [6.45, 7) is 3.60. The normalized spacial score (nSPS) is 12.8. The molecule has 3 aromatic rings. The van der Waals surface area contributed by atoms with Crippen molar-refractivity contribution in [1.29, 1.82) is 0 Å². The molecule has 0 saturated heterocycles. The zero-order valence-electron chi connectivity index (χ0n) is 19.8. The van der Waals surface area contributed by atoms with Gasteiger partial charge in [-0.25, -0.2) is 9.97 Å². The second-order valence-corrected chi connectivity index (χ2v) is 11.4. The van der Waals surface area contributed by atoms with E-state index in [0.717, 1.165) is 12.1 Å². The third-order valence-electron chi connectivity index (χ3n) is 4.83. The van der Waals surface area contributed by atoms with Crippen LogP contribution in [0.15, 0.2) is 59.6 Å². The van der Waals surface area contributed by atoms with E-state index in [1.807, 2.05) is 0 Å². The van der Waals surface area contributed by atoms with Crippen molar-refractivity contribution in [3.8, 4) is 11.3 Å². The van der Waals surface area contributed by atoms with Crippen LogP contribution in [0.25, 0.3) is 11.3 Å². The predicted octanol–water partition coefficient (Wildman–Crippen LogP) is 5.33. The van der Waals surface area contributed by atoms with Crippen molar-refractivity contribution in [1.82, 2.24) is 9.97 Å². The van der Waals surface area contributed by atoms with Crippen molar-refractivity contribution in [2.24, 2.45) is 0 Å². The van der Waals surface area contributed by atoms with Crippen LogP contribution in [0.3, 0.4) is 0 Å². The number of hydrogen-bond acceptors (Lipinski definition) is 8. The number of rotatable bonds is 10. The molecule has 0 bridgehead atoms. The van der Waals surface area contributed by atoms with Gasteiger partial charge in [0.1, 0.15) is 5.49 Å². The summed E-state index contributed by atoms with van der Waals surface area (Å²) >= 11 is 0. The highest BCUT2D eigenvalue weighted by Gasteiger charge is 2.30. The average molecular weight is 557 g/mol. The number of aromatic nitrogens is 2. The number of nitrogens with zero attached hydrogens (tertiary/aromatic N) is 2. The van der Waals surface area contributed by atoms with E-state index in [2.05, 4.69) is 15.3 Å². The smallest absolute Gasteiger partial charge is 0.382 e. The van der Waals surface area contributed by atoms with E-state index >= 15 is 0 Å². The summed E-state index contributed by atoms with van der Waals surface area (Å²) < 4.78 is 74.1. The minimum atomic E-state index is -4.48. The first-order valence-electron chi connectivity index (χ1n) is 10.9. The minimum absolute atomic E-state index is 0.144. The molecule has 1 atom stereocenters. The van der Waals surface area contributed by atoms with Gasteiger partial charge in [-0.1, -0.05) is 12.1 Å². The van der Waals surface area contributed by atoms with Gasteiger partial charge < -0.3 is 20.1 Å². The molecule has 0 radical (unpaired) electrons. The lowest BCUT2D eigenvalue weighted by molar-refractivity contribution is -0.137. The lowest BCUT2D eigenvalue weighted by Crippen LogP contribution is -2.17. The number of halogens is 3. The fourth-order valence-corrected chi connectivity index (χ4v) is 6.78. The molecule has 1 heterocycles. The maximum atomic E-state index is 12.8. The number of carbonyl (C=O) groups excluding carboxylic acids is 1. The van der Waals surface area contributed by atoms with Crippen molar-refractivity contribution < 1.29 is 35.8 Å². The van der Waals surface area contributed by atoms with Crippen LogP contribution < -0.4 is 11.1 Å². The monoisotopic (exact) mass is 556 g/mol. The van der Waals surface area contributed by atoms with Crippen molar-refractivity contribution in [3.05, 3.63) is 66.0 Å². The topological polar surface area (TPSA) is 134 Å². The van der Waals surface area contributed by atoms with Gasteiger partial charge in [-0.15, -0.1) is 0 Å². The summed E-state index contributed by atoms with van der Waals surface area (Å²) in [5, 5.41) is 2.59. The SMILES string of the molecule is CCOP(=O)(CS(=O)c1ccc(NC(=O)c2nc(-c3ccc(C(F)(F)F)cc3)cnc2N)cc1)OCC. The number of nitrogens with one attached hydrogen (secondary N) is 1. The van der Waals surface area contributed by atoms with E-state index in [4.69, 9.17) is 14.8 Å². The van der Waals surface area contributed by atoms with Crippen molar-refractivity contribution in [3.63, 3.8) is 0 Å². The number of nitrogen functional groups attached to an aromatic ring is 1. The molecule has 0 aliphatic heterocycles. The minimum Gasteiger partial charge on any atom is -0.382 e. The van der Waals surface area contributed by atoms with Gasteiger partial charge in [0, 0.05) is 16.1 Å². The molecule has 9 nitrogen and oxygen atoms in total. The molecule has 0 saturated carbocycles. The van der Waals surface area contributed by atoms with Gasteiger partial charge in [0.15, 0.2) is 11.5 Å². The Morgan fingerprint density at radius 3 is 2.19 bits per heavy atom. The predicted molar refractivity (Wildman–Crippen MR) is 133 cm³/mol. The second kappa shape index (κ2) is 12.0. The van der Waals surface area contributed by atoms with Gasteiger partial charge in [-0.3, -0.25) is 13.6 Å². The summed E-state index contributed by atoms with van der Waals surface area (Å²) in [4.78, 5) is 21.2. The molecular weight excluding hydrogens is 532 g/mol. The first-order chi connectivity index (χ1) is 17.5. The number of alkyl halides is 3. The summed E-state index contributed by atoms with van der Waals surface area (Å²) in [6, 6.07) is 10.2. The van der Waals surface area contributed by atoms with E-state index in [1.165, 1.54) is 42.6 Å². The highest BCUT2D eigenvalue weighted by Crippen LogP contribution is 2.49. The highest BCUT2D eigenvalue weighted by atomic mass is 32.2. The molecule has 37 heavy (non-hydrogen) atoms. The Bertz CT molecular complexity index is 1310. The van der Waals surface area contributed by atoms with Gasteiger partial charge in [-0.2, -0.15) is 13.2 Å². The lowest BCUT2D eigenvalue weighted by Gasteiger charge is -2.16. The summed E-state index contributed by atoms with van der Waals surface area (Å²) in [7, 11) is -5.20. The molecule has 1 aromatic heterocycles. The molecule has 14 heteroatoms. The van der Waals surface area contributed by atoms with Gasteiger partial charge in [0.25, 0.3) is 5.91 Å². The van der Waals surface area contributed by atoms with Crippen molar-refractivity contribution in [2.75, 3.05) is 29.8 Å². The number of benzene rings is 2. The fraction of sp³-hybridized carbons (Fsp3) is 0.261. The van der Waals surface area contributed by atoms with E-state index in [1.54, 1.807) is 13.8 Å². The van der Waals surface area contributed by atoms with Gasteiger partial charge >= 0.3 is 13.8 Å². The Morgan fingerprint density at radius 2 is 1.65 bits per heavy atom. The largest absolute Gasteiger partial charge is 0.416 e. The Labute approximate surface area is 213 Å². The molecule has 0 spiro atoms. The number of nitrogens with two attached hydrogens (primary N) is 1. The second-order valence-electron chi connectivity index (χ2n) is 7.46. The Morgan fingerprint density at radius 1 is 1.05 bits per heavy atom. The first-order valence-corrected chi connectivity index (χ1v) is 14.0. The van der Waals surface area contributed by atoms with Crippen LogP contribution >= 0.6 is 7.60 Å². The Kier molecular flexibility index (Phi) is 9.19. The molecule has 1 amide bonds. The van der Waals surface area contributed by atoms with E-state index in [0.29, 0.717) is 16.1 Å². The summed E-state index contributed by atoms with van der Waals surface area (Å²) in [5.41, 5.74) is 5.24. The lowest BCUT2D eigenvalue weighted by atomic mass is 10.1. The van der Waals surface area contributed by atoms with Gasteiger partial charge in [-0.05, 0) is 50.2 Å². The van der Waals surface area contributed by atoms with E-state index in [9.17, 15) is 26.7 Å². The number of amides is 1. The van der Waals surface area contributed by atoms with Crippen molar-refractivity contribution >= 4 is 35.8 Å². The third kappa shape index (κ3) is 7.45. The Hall–Kier alpha value is -3.12. The van der Waals surface area contributed by atoms with Crippen LogP contribution in [0.2, 0.25) is 0 Å². The number of hydrogen-bond donors (Lipinski definition) is 2. The first kappa shape index (κ1) is 28.5. The maximum absolute atomic E-state index is 12.8. The fourth-order valence-electron chi connectivity index (χ4n) is 3.14. The van der Waals surface area contributed by atoms with Crippen LogP contribution in [-0.4, -0.2) is 38.8 Å². The number of carbonyl (C=O) groups is 1. The molecule has 1 unspecified atom stereocenters. The van der Waals surface area contributed by atoms with E-state index < -0.39 is 36.0 Å². The van der Waals surface area contributed by atoms with Crippen LogP contribution in [0.4, 0.5) is 24.7 Å². The quantitative estimate of drug-likeness (QED) is 0.320. The molecule has 3 N–H and O–H groups in total. The summed E-state index contributed by atoms with van der Waals surface area (Å²) in [6.07, 6.45) is -3.23. The maximum Gasteiger partial charge on any atom is 0.416 e. The molecule has 0 aliphatic rings. The zero-order chi connectivity index (χ0) is 27.2. The zero-order valence-corrected chi connectivity index (χ0v) is 21.5. The molecular formula is C23H24F3N4O5PS. The van der Waals surface area contributed by atoms with Crippen LogP contribution in [-0.2, 0) is 30.6 Å². The molecule has 3 rings (SSSR count). The van der Waals surface area contributed by atoms with Crippen LogP contribution in [0.1, 0.15) is 29.9 Å². The highest BCUT2D eigenvalue weighted by molar-refractivity contribution is 7.92. The molecule has 198 valence electrons.